The second kappa shape index (κ2) is 10.5. The number of hydrogen-bond donors (Lipinski definition) is 1. The molecule has 1 unspecified atom stereocenters. The molecule has 2 heteroatoms. The van der Waals surface area contributed by atoms with Crippen LogP contribution in [0.4, 0.5) is 0 Å². The van der Waals surface area contributed by atoms with Crippen LogP contribution >= 0.6 is 0 Å². The molecule has 0 spiro atoms. The number of rotatable bonds is 5. The fourth-order valence-corrected chi connectivity index (χ4v) is 2.91. The van der Waals surface area contributed by atoms with Gasteiger partial charge in [0.15, 0.2) is 0 Å². The van der Waals surface area contributed by atoms with Gasteiger partial charge < -0.3 is 10.0 Å². The number of benzene rings is 1. The van der Waals surface area contributed by atoms with Gasteiger partial charge in [0.2, 0.25) is 0 Å². The maximum absolute atomic E-state index is 10.1. The van der Waals surface area contributed by atoms with E-state index in [1.54, 1.807) is 0 Å². The Balaban J connectivity index is 1.83. The van der Waals surface area contributed by atoms with Crippen LogP contribution in [0.25, 0.3) is 0 Å². The van der Waals surface area contributed by atoms with Gasteiger partial charge in [0.1, 0.15) is 6.23 Å². The normalized spacial score (nSPS) is 16.0. The lowest BCUT2D eigenvalue weighted by Gasteiger charge is -2.32. The summed E-state index contributed by atoms with van der Waals surface area (Å²) in [5.74, 6) is 12.9. The lowest BCUT2D eigenvalue weighted by molar-refractivity contribution is 0.0654. The Kier molecular flexibility index (Phi) is 8.07. The zero-order chi connectivity index (χ0) is 18.8. The van der Waals surface area contributed by atoms with Crippen LogP contribution in [-0.2, 0) is 0 Å². The van der Waals surface area contributed by atoms with E-state index in [0.717, 1.165) is 54.6 Å². The van der Waals surface area contributed by atoms with Gasteiger partial charge in [0.25, 0.3) is 0 Å². The molecule has 0 saturated heterocycles. The van der Waals surface area contributed by atoms with Crippen molar-refractivity contribution in [3.05, 3.63) is 58.8 Å². The third-order valence-electron chi connectivity index (χ3n) is 4.31. The van der Waals surface area contributed by atoms with Gasteiger partial charge in [-0.3, -0.25) is 0 Å². The zero-order valence-electron chi connectivity index (χ0n) is 16.2. The quantitative estimate of drug-likeness (QED) is 0.608. The van der Waals surface area contributed by atoms with Crippen LogP contribution < -0.4 is 0 Å². The summed E-state index contributed by atoms with van der Waals surface area (Å²) in [6.07, 6.45) is 8.50. The Morgan fingerprint density at radius 1 is 1.04 bits per heavy atom. The first-order chi connectivity index (χ1) is 12.6. The van der Waals surface area contributed by atoms with E-state index in [4.69, 9.17) is 0 Å². The topological polar surface area (TPSA) is 23.5 Å². The summed E-state index contributed by atoms with van der Waals surface area (Å²) in [6, 6.07) is 8.13. The third-order valence-corrected chi connectivity index (χ3v) is 4.31. The monoisotopic (exact) mass is 347 g/mol. The molecule has 0 aliphatic carbocycles. The predicted molar refractivity (Wildman–Crippen MR) is 109 cm³/mol. The molecule has 1 aromatic carbocycles. The molecule has 2 rings (SSSR count). The molecule has 0 saturated carbocycles. The zero-order valence-corrected chi connectivity index (χ0v) is 16.2. The van der Waals surface area contributed by atoms with Crippen LogP contribution in [0, 0.1) is 23.7 Å². The average molecular weight is 348 g/mol. The first-order valence-electron chi connectivity index (χ1n) is 9.49. The summed E-state index contributed by atoms with van der Waals surface area (Å²) >= 11 is 0. The number of nitrogens with zero attached hydrogens (tertiary/aromatic N) is 1. The number of aliphatic hydroxyl groups is 1. The first-order valence-corrected chi connectivity index (χ1v) is 9.49. The Hall–Kier alpha value is -2.42. The van der Waals surface area contributed by atoms with Gasteiger partial charge in [0, 0.05) is 36.2 Å². The summed E-state index contributed by atoms with van der Waals surface area (Å²) < 4.78 is 0. The molecule has 1 N–H and O–H groups in total. The van der Waals surface area contributed by atoms with Crippen molar-refractivity contribution in [2.24, 2.45) is 0 Å². The van der Waals surface area contributed by atoms with Crippen LogP contribution in [0.3, 0.4) is 0 Å². The molecular weight excluding hydrogens is 318 g/mol. The molecule has 1 aliphatic rings. The molecule has 26 heavy (non-hydrogen) atoms. The fraction of sp³-hybridized carbons (Fsp3) is 0.417. The third kappa shape index (κ3) is 6.47. The van der Waals surface area contributed by atoms with Crippen molar-refractivity contribution in [1.82, 2.24) is 4.90 Å². The average Bonchev–Trinajstić information content (AvgIpc) is 2.61. The van der Waals surface area contributed by atoms with E-state index in [1.165, 1.54) is 6.42 Å². The molecule has 0 aromatic heterocycles. The van der Waals surface area contributed by atoms with Crippen molar-refractivity contribution in [2.75, 3.05) is 6.54 Å². The van der Waals surface area contributed by atoms with Gasteiger partial charge in [-0.25, -0.2) is 0 Å². The van der Waals surface area contributed by atoms with Gasteiger partial charge in [0.05, 0.1) is 0 Å². The summed E-state index contributed by atoms with van der Waals surface area (Å²) in [6.45, 7) is 7.04. The van der Waals surface area contributed by atoms with Crippen LogP contribution in [0.2, 0.25) is 0 Å². The highest BCUT2D eigenvalue weighted by atomic mass is 16.3. The summed E-state index contributed by atoms with van der Waals surface area (Å²) in [7, 11) is 0. The van der Waals surface area contributed by atoms with Crippen molar-refractivity contribution in [1.29, 1.82) is 0 Å². The highest BCUT2D eigenvalue weighted by Crippen LogP contribution is 2.18. The van der Waals surface area contributed by atoms with Crippen LogP contribution in [0.5, 0.6) is 0 Å². The first kappa shape index (κ1) is 19.9. The minimum Gasteiger partial charge on any atom is -0.370 e. The Morgan fingerprint density at radius 3 is 2.31 bits per heavy atom. The van der Waals surface area contributed by atoms with Crippen LogP contribution in [-0.4, -0.2) is 22.8 Å². The van der Waals surface area contributed by atoms with Crippen LogP contribution in [0.1, 0.15) is 64.0 Å². The summed E-state index contributed by atoms with van der Waals surface area (Å²) in [4.78, 5) is 2.02. The van der Waals surface area contributed by atoms with Crippen molar-refractivity contribution in [3.63, 3.8) is 0 Å². The van der Waals surface area contributed by atoms with Gasteiger partial charge in [-0.05, 0) is 62.6 Å². The molecule has 2 nitrogen and oxygen atoms in total. The molecule has 0 bridgehead atoms. The van der Waals surface area contributed by atoms with E-state index in [9.17, 15) is 5.11 Å². The fourth-order valence-electron chi connectivity index (χ4n) is 2.91. The molecule has 136 valence electrons. The lowest BCUT2D eigenvalue weighted by Crippen LogP contribution is -2.35. The van der Waals surface area contributed by atoms with E-state index >= 15 is 0 Å². The number of unbranched alkanes of at least 4 members (excludes halogenated alkanes) is 3. The Morgan fingerprint density at radius 2 is 1.69 bits per heavy atom. The maximum atomic E-state index is 10.1. The number of aliphatic hydroxyl groups excluding tert-OH is 1. The molecular formula is C24H29NO. The molecule has 1 atom stereocenters. The number of hydrogen-bond acceptors (Lipinski definition) is 2. The molecule has 0 radical (unpaired) electrons. The van der Waals surface area contributed by atoms with E-state index in [2.05, 4.69) is 42.7 Å². The van der Waals surface area contributed by atoms with E-state index in [1.807, 2.05) is 43.0 Å². The standard InChI is InChI=1S/C24H29NO/c1-4-5-6-8-12-22-14-11-15-23(19-22)13-9-7-10-16-25-21(3)17-20(2)18-24(25)26/h11,14-15,17-19,24,26H,4-7,10,16H2,1-3H3. The Bertz CT molecular complexity index is 780. The number of allylic oxidation sites excluding steroid dienone is 3. The largest absolute Gasteiger partial charge is 0.370 e. The predicted octanol–water partition coefficient (Wildman–Crippen LogP) is 4.84. The van der Waals surface area contributed by atoms with E-state index in [0.29, 0.717) is 0 Å². The Labute approximate surface area is 158 Å². The minimum atomic E-state index is -0.518. The van der Waals surface area contributed by atoms with Crippen molar-refractivity contribution < 1.29 is 5.11 Å². The molecule has 0 fully saturated rings. The molecule has 1 aliphatic heterocycles. The highest BCUT2D eigenvalue weighted by Gasteiger charge is 2.16. The smallest absolute Gasteiger partial charge is 0.146 e. The maximum Gasteiger partial charge on any atom is 0.146 e. The van der Waals surface area contributed by atoms with Crippen LogP contribution in [0.15, 0.2) is 47.7 Å². The minimum absolute atomic E-state index is 0.518. The van der Waals surface area contributed by atoms with E-state index < -0.39 is 6.23 Å². The second-order valence-corrected chi connectivity index (χ2v) is 6.69. The lowest BCUT2D eigenvalue weighted by atomic mass is 10.1. The van der Waals surface area contributed by atoms with Crippen molar-refractivity contribution in [3.8, 4) is 23.7 Å². The van der Waals surface area contributed by atoms with E-state index in [-0.39, 0.29) is 0 Å². The van der Waals surface area contributed by atoms with Gasteiger partial charge in [-0.2, -0.15) is 0 Å². The SMILES string of the molecule is CCCCC#Cc1cccc(C#CCCCN2C(C)=CC(C)=CC2O)c1. The highest BCUT2D eigenvalue weighted by molar-refractivity contribution is 5.43. The van der Waals surface area contributed by atoms with Gasteiger partial charge >= 0.3 is 0 Å². The van der Waals surface area contributed by atoms with Crippen molar-refractivity contribution >= 4 is 0 Å². The summed E-state index contributed by atoms with van der Waals surface area (Å²) in [5.41, 5.74) is 4.27. The van der Waals surface area contributed by atoms with Gasteiger partial charge in [-0.15, -0.1) is 0 Å². The molecule has 1 heterocycles. The van der Waals surface area contributed by atoms with Crippen molar-refractivity contribution in [2.45, 2.75) is 59.1 Å². The second-order valence-electron chi connectivity index (χ2n) is 6.69. The van der Waals surface area contributed by atoms with Gasteiger partial charge in [-0.1, -0.05) is 43.1 Å². The molecule has 0 amide bonds. The summed E-state index contributed by atoms with van der Waals surface area (Å²) in [5, 5.41) is 10.1. The molecule has 1 aromatic rings.